The molecule has 2 N–H and O–H groups in total. The van der Waals surface area contributed by atoms with Crippen molar-refractivity contribution in [2.24, 2.45) is 0 Å². The molecule has 0 saturated carbocycles. The molecule has 0 bridgehead atoms. The van der Waals surface area contributed by atoms with Crippen LogP contribution in [-0.2, 0) is 0 Å². The average Bonchev–Trinajstić information content (AvgIpc) is 2.32. The highest BCUT2D eigenvalue weighted by Crippen LogP contribution is 2.30. The van der Waals surface area contributed by atoms with Crippen LogP contribution in [0.2, 0.25) is 5.02 Å². The van der Waals surface area contributed by atoms with E-state index in [9.17, 15) is 0 Å². The van der Waals surface area contributed by atoms with E-state index in [2.05, 4.69) is 0 Å². The van der Waals surface area contributed by atoms with Crippen LogP contribution in [-0.4, -0.2) is 7.11 Å². The number of halogens is 1. The Morgan fingerprint density at radius 3 is 2.29 bits per heavy atom. The second kappa shape index (κ2) is 4.68. The number of ether oxygens (including phenoxy) is 1. The number of anilines is 1. The molecule has 2 aromatic rings. The largest absolute Gasteiger partial charge is 0.495 e. The quantitative estimate of drug-likeness (QED) is 0.817. The Morgan fingerprint density at radius 1 is 1.06 bits per heavy atom. The zero-order valence-corrected chi connectivity index (χ0v) is 10.6. The van der Waals surface area contributed by atoms with Crippen LogP contribution in [0.4, 0.5) is 5.69 Å². The highest BCUT2D eigenvalue weighted by molar-refractivity contribution is 6.31. The molecule has 2 nitrogen and oxygen atoms in total. The first-order chi connectivity index (χ1) is 8.11. The van der Waals surface area contributed by atoms with E-state index in [1.54, 1.807) is 7.11 Å². The van der Waals surface area contributed by atoms with E-state index in [0.717, 1.165) is 21.7 Å². The van der Waals surface area contributed by atoms with Crippen LogP contribution in [0.1, 0.15) is 5.56 Å². The lowest BCUT2D eigenvalue weighted by molar-refractivity contribution is 0.417. The van der Waals surface area contributed by atoms with Gasteiger partial charge < -0.3 is 10.5 Å². The van der Waals surface area contributed by atoms with Crippen LogP contribution >= 0.6 is 11.6 Å². The van der Waals surface area contributed by atoms with Gasteiger partial charge in [-0.05, 0) is 41.8 Å². The lowest BCUT2D eigenvalue weighted by atomic mass is 10.0. The van der Waals surface area contributed by atoms with E-state index in [1.807, 2.05) is 43.3 Å². The zero-order valence-electron chi connectivity index (χ0n) is 9.83. The molecular formula is C14H14ClNO. The van der Waals surface area contributed by atoms with Crippen molar-refractivity contribution in [2.45, 2.75) is 6.92 Å². The van der Waals surface area contributed by atoms with Gasteiger partial charge in [-0.15, -0.1) is 0 Å². The van der Waals surface area contributed by atoms with Gasteiger partial charge in [-0.1, -0.05) is 29.8 Å². The minimum absolute atomic E-state index is 0.627. The normalized spacial score (nSPS) is 10.3. The smallest absolute Gasteiger partial charge is 0.141 e. The molecule has 0 radical (unpaired) electrons. The number of methoxy groups -OCH3 is 1. The Bertz CT molecular complexity index is 552. The molecule has 0 aliphatic heterocycles. The molecule has 0 aromatic heterocycles. The highest BCUT2D eigenvalue weighted by atomic mass is 35.5. The number of hydrogen-bond donors (Lipinski definition) is 1. The van der Waals surface area contributed by atoms with Crippen LogP contribution in [0.15, 0.2) is 36.4 Å². The number of hydrogen-bond acceptors (Lipinski definition) is 2. The number of aryl methyl sites for hydroxylation is 1. The maximum absolute atomic E-state index is 6.11. The third kappa shape index (κ3) is 2.37. The van der Waals surface area contributed by atoms with Gasteiger partial charge in [-0.25, -0.2) is 0 Å². The molecule has 0 spiro atoms. The first-order valence-electron chi connectivity index (χ1n) is 5.32. The van der Waals surface area contributed by atoms with Crippen LogP contribution in [0, 0.1) is 6.92 Å². The standard InChI is InChI=1S/C14H14ClNO/c1-9-3-4-10(7-12(9)15)11-5-6-14(17-2)13(16)8-11/h3-8H,16H2,1-2H3. The van der Waals surface area contributed by atoms with Crippen LogP contribution in [0.25, 0.3) is 11.1 Å². The fraction of sp³-hybridized carbons (Fsp3) is 0.143. The fourth-order valence-corrected chi connectivity index (χ4v) is 1.87. The van der Waals surface area contributed by atoms with Crippen molar-refractivity contribution < 1.29 is 4.74 Å². The summed E-state index contributed by atoms with van der Waals surface area (Å²) in [4.78, 5) is 0. The van der Waals surface area contributed by atoms with Gasteiger partial charge in [-0.3, -0.25) is 0 Å². The number of nitrogens with two attached hydrogens (primary N) is 1. The summed E-state index contributed by atoms with van der Waals surface area (Å²) in [5.41, 5.74) is 9.66. The zero-order chi connectivity index (χ0) is 12.4. The molecule has 0 atom stereocenters. The molecule has 88 valence electrons. The first-order valence-corrected chi connectivity index (χ1v) is 5.69. The summed E-state index contributed by atoms with van der Waals surface area (Å²) in [6.45, 7) is 1.98. The molecule has 0 fully saturated rings. The van der Waals surface area contributed by atoms with Gasteiger partial charge in [0.15, 0.2) is 0 Å². The summed E-state index contributed by atoms with van der Waals surface area (Å²) in [7, 11) is 1.61. The van der Waals surface area contributed by atoms with Gasteiger partial charge in [0, 0.05) is 5.02 Å². The average molecular weight is 248 g/mol. The predicted molar refractivity (Wildman–Crippen MR) is 72.6 cm³/mol. The lowest BCUT2D eigenvalue weighted by Crippen LogP contribution is -1.92. The molecule has 0 amide bonds. The highest BCUT2D eigenvalue weighted by Gasteiger charge is 2.04. The van der Waals surface area contributed by atoms with Crippen LogP contribution in [0.3, 0.4) is 0 Å². The third-order valence-electron chi connectivity index (χ3n) is 2.73. The Balaban J connectivity index is 2.46. The van der Waals surface area contributed by atoms with E-state index in [0.29, 0.717) is 11.4 Å². The van der Waals surface area contributed by atoms with Crippen molar-refractivity contribution in [1.29, 1.82) is 0 Å². The van der Waals surface area contributed by atoms with Crippen LogP contribution < -0.4 is 10.5 Å². The third-order valence-corrected chi connectivity index (χ3v) is 3.14. The molecule has 0 unspecified atom stereocenters. The van der Waals surface area contributed by atoms with Crippen molar-refractivity contribution in [1.82, 2.24) is 0 Å². The molecule has 0 aliphatic carbocycles. The Morgan fingerprint density at radius 2 is 1.71 bits per heavy atom. The van der Waals surface area contributed by atoms with Gasteiger partial charge in [0.2, 0.25) is 0 Å². The maximum Gasteiger partial charge on any atom is 0.141 e. The van der Waals surface area contributed by atoms with E-state index in [-0.39, 0.29) is 0 Å². The summed E-state index contributed by atoms with van der Waals surface area (Å²) in [6.07, 6.45) is 0. The van der Waals surface area contributed by atoms with Gasteiger partial charge in [-0.2, -0.15) is 0 Å². The van der Waals surface area contributed by atoms with E-state index in [4.69, 9.17) is 22.1 Å². The van der Waals surface area contributed by atoms with E-state index >= 15 is 0 Å². The predicted octanol–water partition coefficient (Wildman–Crippen LogP) is 3.91. The van der Waals surface area contributed by atoms with Gasteiger partial charge >= 0.3 is 0 Å². The van der Waals surface area contributed by atoms with Crippen molar-refractivity contribution in [3.8, 4) is 16.9 Å². The Kier molecular flexibility index (Phi) is 3.25. The second-order valence-corrected chi connectivity index (χ2v) is 4.33. The molecule has 2 rings (SSSR count). The lowest BCUT2D eigenvalue weighted by Gasteiger charge is -2.08. The summed E-state index contributed by atoms with van der Waals surface area (Å²) >= 11 is 6.11. The van der Waals surface area contributed by atoms with Crippen molar-refractivity contribution >= 4 is 17.3 Å². The number of nitrogen functional groups attached to an aromatic ring is 1. The SMILES string of the molecule is COc1ccc(-c2ccc(C)c(Cl)c2)cc1N. The van der Waals surface area contributed by atoms with Gasteiger partial charge in [0.1, 0.15) is 5.75 Å². The summed E-state index contributed by atoms with van der Waals surface area (Å²) < 4.78 is 5.13. The first kappa shape index (κ1) is 11.8. The van der Waals surface area contributed by atoms with Gasteiger partial charge in [0.05, 0.1) is 12.8 Å². The van der Waals surface area contributed by atoms with E-state index < -0.39 is 0 Å². The Hall–Kier alpha value is -1.67. The molecule has 0 aliphatic rings. The molecular weight excluding hydrogens is 234 g/mol. The van der Waals surface area contributed by atoms with E-state index in [1.165, 1.54) is 0 Å². The topological polar surface area (TPSA) is 35.2 Å². The summed E-state index contributed by atoms with van der Waals surface area (Å²) in [5, 5.41) is 0.761. The molecule has 0 saturated heterocycles. The fourth-order valence-electron chi connectivity index (χ4n) is 1.69. The molecule has 3 heteroatoms. The second-order valence-electron chi connectivity index (χ2n) is 3.92. The number of rotatable bonds is 2. The van der Waals surface area contributed by atoms with Crippen molar-refractivity contribution in [3.63, 3.8) is 0 Å². The van der Waals surface area contributed by atoms with Crippen molar-refractivity contribution in [2.75, 3.05) is 12.8 Å². The molecule has 17 heavy (non-hydrogen) atoms. The minimum atomic E-state index is 0.627. The summed E-state index contributed by atoms with van der Waals surface area (Å²) in [5.74, 6) is 0.687. The Labute approximate surface area is 106 Å². The monoisotopic (exact) mass is 247 g/mol. The van der Waals surface area contributed by atoms with Crippen molar-refractivity contribution in [3.05, 3.63) is 47.0 Å². The minimum Gasteiger partial charge on any atom is -0.495 e. The van der Waals surface area contributed by atoms with Gasteiger partial charge in [0.25, 0.3) is 0 Å². The number of benzene rings is 2. The molecule has 0 heterocycles. The van der Waals surface area contributed by atoms with Crippen LogP contribution in [0.5, 0.6) is 5.75 Å². The molecule has 2 aromatic carbocycles. The maximum atomic E-state index is 6.11. The summed E-state index contributed by atoms with van der Waals surface area (Å²) in [6, 6.07) is 11.7.